The lowest BCUT2D eigenvalue weighted by Gasteiger charge is -2.38. The maximum Gasteiger partial charge on any atom is 0.348 e. The number of anilines is 1. The molecule has 148 valence electrons. The molecule has 0 fully saturated rings. The molecule has 1 unspecified atom stereocenters. The van der Waals surface area contributed by atoms with Crippen LogP contribution in [0.3, 0.4) is 0 Å². The van der Waals surface area contributed by atoms with Crippen LogP contribution in [0.5, 0.6) is 0 Å². The molecule has 7 nitrogen and oxygen atoms in total. The van der Waals surface area contributed by atoms with Crippen molar-refractivity contribution in [1.82, 2.24) is 0 Å². The number of hydrogen-bond acceptors (Lipinski definition) is 6. The summed E-state index contributed by atoms with van der Waals surface area (Å²) in [6, 6.07) is 16.0. The number of esters is 2. The van der Waals surface area contributed by atoms with E-state index >= 15 is 0 Å². The number of ether oxygens (including phenoxy) is 2. The summed E-state index contributed by atoms with van der Waals surface area (Å²) >= 11 is 0. The second-order valence-corrected chi connectivity index (χ2v) is 6.20. The van der Waals surface area contributed by atoms with Gasteiger partial charge in [-0.2, -0.15) is 0 Å². The molecule has 0 N–H and O–H groups in total. The highest BCUT2D eigenvalue weighted by Gasteiger charge is 2.36. The highest BCUT2D eigenvalue weighted by molar-refractivity contribution is 6.31. The van der Waals surface area contributed by atoms with Crippen LogP contribution in [-0.4, -0.2) is 37.4 Å². The van der Waals surface area contributed by atoms with Gasteiger partial charge in [0.05, 0.1) is 31.9 Å². The van der Waals surface area contributed by atoms with Crippen molar-refractivity contribution in [2.75, 3.05) is 18.6 Å². The first kappa shape index (κ1) is 20.0. The molecule has 0 bridgehead atoms. The molecule has 3 rings (SSSR count). The summed E-state index contributed by atoms with van der Waals surface area (Å²) in [7, 11) is 1.32. The van der Waals surface area contributed by atoms with E-state index < -0.39 is 18.0 Å². The molecule has 1 aliphatic heterocycles. The molecule has 2 aromatic carbocycles. The third kappa shape index (κ3) is 4.10. The van der Waals surface area contributed by atoms with Gasteiger partial charge < -0.3 is 19.8 Å². The molecule has 0 saturated heterocycles. The lowest BCUT2D eigenvalue weighted by molar-refractivity contribution is -0.141. The Morgan fingerprint density at radius 2 is 1.83 bits per heavy atom. The van der Waals surface area contributed by atoms with Crippen molar-refractivity contribution in [3.63, 3.8) is 0 Å². The molecule has 0 aromatic heterocycles. The van der Waals surface area contributed by atoms with Gasteiger partial charge in [-0.05, 0) is 25.1 Å². The molecular weight excluding hydrogens is 370 g/mol. The summed E-state index contributed by atoms with van der Waals surface area (Å²) in [6.45, 7) is 1.80. The fraction of sp³-hybridized carbons (Fsp3) is 0.227. The number of carbonyl (C=O) groups is 2. The SMILES string of the molecule is CCOC(=O)C(=C=[N-])C1=Nc2ccccc2C(CC(=O)OC)N1c1ccccc1. The van der Waals surface area contributed by atoms with Gasteiger partial charge in [-0.1, -0.05) is 36.4 Å². The van der Waals surface area contributed by atoms with E-state index in [2.05, 4.69) is 4.99 Å². The van der Waals surface area contributed by atoms with Gasteiger partial charge in [-0.25, -0.2) is 9.79 Å². The molecule has 7 heteroatoms. The normalized spacial score (nSPS) is 14.9. The monoisotopic (exact) mass is 390 g/mol. The lowest BCUT2D eigenvalue weighted by atomic mass is 9.95. The Morgan fingerprint density at radius 3 is 2.48 bits per heavy atom. The summed E-state index contributed by atoms with van der Waals surface area (Å²) in [6.07, 6.45) is 0.0168. The third-order valence-electron chi connectivity index (χ3n) is 4.50. The van der Waals surface area contributed by atoms with Crippen molar-refractivity contribution in [1.29, 1.82) is 0 Å². The maximum absolute atomic E-state index is 12.5. The van der Waals surface area contributed by atoms with Crippen LogP contribution in [0.2, 0.25) is 0 Å². The van der Waals surface area contributed by atoms with Crippen molar-refractivity contribution in [3.05, 3.63) is 71.1 Å². The van der Waals surface area contributed by atoms with Gasteiger partial charge in [-0.3, -0.25) is 10.7 Å². The van der Waals surface area contributed by atoms with Gasteiger partial charge in [0.25, 0.3) is 0 Å². The number of amidine groups is 1. The number of aliphatic imine (C=N–C) groups is 1. The van der Waals surface area contributed by atoms with Crippen molar-refractivity contribution in [2.45, 2.75) is 19.4 Å². The van der Waals surface area contributed by atoms with Crippen LogP contribution in [0.4, 0.5) is 11.4 Å². The number of carbonyl (C=O) groups excluding carboxylic acids is 2. The molecule has 0 aliphatic carbocycles. The first-order valence-electron chi connectivity index (χ1n) is 9.14. The molecule has 1 atom stereocenters. The largest absolute Gasteiger partial charge is 0.762 e. The zero-order valence-corrected chi connectivity index (χ0v) is 16.2. The molecule has 0 spiro atoms. The van der Waals surface area contributed by atoms with Crippen molar-refractivity contribution in [2.24, 2.45) is 4.99 Å². The number of nitrogens with zero attached hydrogens (tertiary/aromatic N) is 3. The Kier molecular flexibility index (Phi) is 6.22. The summed E-state index contributed by atoms with van der Waals surface area (Å²) < 4.78 is 9.95. The molecule has 0 radical (unpaired) electrons. The summed E-state index contributed by atoms with van der Waals surface area (Å²) in [5.41, 5.74) is 1.85. The van der Waals surface area contributed by atoms with Gasteiger partial charge in [0.15, 0.2) is 5.84 Å². The minimum Gasteiger partial charge on any atom is -0.762 e. The van der Waals surface area contributed by atoms with Gasteiger partial charge in [-0.15, -0.1) is 0 Å². The zero-order valence-electron chi connectivity index (χ0n) is 16.2. The van der Waals surface area contributed by atoms with E-state index in [1.54, 1.807) is 17.9 Å². The number of rotatable bonds is 6. The quantitative estimate of drug-likeness (QED) is 0.427. The topological polar surface area (TPSA) is 90.5 Å². The molecule has 29 heavy (non-hydrogen) atoms. The van der Waals surface area contributed by atoms with Crippen molar-refractivity contribution in [3.8, 4) is 0 Å². The van der Waals surface area contributed by atoms with Crippen LogP contribution in [0.25, 0.3) is 5.41 Å². The Morgan fingerprint density at radius 1 is 1.14 bits per heavy atom. The van der Waals surface area contributed by atoms with Crippen molar-refractivity contribution < 1.29 is 19.1 Å². The average Bonchev–Trinajstić information content (AvgIpc) is 2.75. The lowest BCUT2D eigenvalue weighted by Crippen LogP contribution is -2.41. The minimum absolute atomic E-state index is 0.0168. The maximum atomic E-state index is 12.5. The standard InChI is InChI=1S/C22H20N3O4/c1-3-29-22(27)17(14-23)21-24-18-12-8-7-11-16(18)19(13-20(26)28-2)25(21)15-9-5-4-6-10-15/h4-12,19H,3,13H2,1-2H3/q-1. The van der Waals surface area contributed by atoms with E-state index in [0.717, 1.165) is 5.56 Å². The number of fused-ring (bicyclic) bond motifs is 1. The van der Waals surface area contributed by atoms with Crippen LogP contribution in [0.15, 0.2) is 65.2 Å². The Balaban J connectivity index is 2.23. The molecular formula is C22H20N3O4-. The van der Waals surface area contributed by atoms with Gasteiger partial charge in [0, 0.05) is 11.3 Å². The average molecular weight is 390 g/mol. The first-order valence-corrected chi connectivity index (χ1v) is 9.14. The van der Waals surface area contributed by atoms with Crippen LogP contribution in [-0.2, 0) is 19.1 Å². The van der Waals surface area contributed by atoms with Gasteiger partial charge in [0.2, 0.25) is 0 Å². The number of hydrogen-bond donors (Lipinski definition) is 0. The van der Waals surface area contributed by atoms with Crippen LogP contribution in [0.1, 0.15) is 24.9 Å². The second-order valence-electron chi connectivity index (χ2n) is 6.20. The van der Waals surface area contributed by atoms with E-state index in [-0.39, 0.29) is 24.4 Å². The Bertz CT molecular complexity index is 994. The predicted molar refractivity (Wildman–Crippen MR) is 110 cm³/mol. The summed E-state index contributed by atoms with van der Waals surface area (Å²) in [4.78, 5) is 31.0. The minimum atomic E-state index is -0.758. The van der Waals surface area contributed by atoms with E-state index in [1.165, 1.54) is 7.11 Å². The van der Waals surface area contributed by atoms with E-state index in [0.29, 0.717) is 11.4 Å². The van der Waals surface area contributed by atoms with Crippen LogP contribution >= 0.6 is 0 Å². The number of para-hydroxylation sites is 2. The zero-order chi connectivity index (χ0) is 20.8. The summed E-state index contributed by atoms with van der Waals surface area (Å²) in [5.74, 6) is 0.898. The van der Waals surface area contributed by atoms with Gasteiger partial charge in [0.1, 0.15) is 5.57 Å². The second kappa shape index (κ2) is 8.99. The van der Waals surface area contributed by atoms with Crippen LogP contribution < -0.4 is 4.90 Å². The fourth-order valence-corrected chi connectivity index (χ4v) is 3.23. The molecule has 0 saturated carbocycles. The Hall–Kier alpha value is -3.70. The molecule has 1 aliphatic rings. The van der Waals surface area contributed by atoms with Gasteiger partial charge >= 0.3 is 11.9 Å². The van der Waals surface area contributed by atoms with Crippen LogP contribution in [0, 0.1) is 0 Å². The first-order chi connectivity index (χ1) is 14.1. The molecule has 1 heterocycles. The summed E-state index contributed by atoms with van der Waals surface area (Å²) in [5, 5.41) is 9.72. The third-order valence-corrected chi connectivity index (χ3v) is 4.50. The van der Waals surface area contributed by atoms with E-state index in [4.69, 9.17) is 9.47 Å². The predicted octanol–water partition coefficient (Wildman–Crippen LogP) is 3.57. The molecule has 2 aromatic rings. The number of benzene rings is 2. The molecule has 0 amide bonds. The highest BCUT2D eigenvalue weighted by Crippen LogP contribution is 2.40. The Labute approximate surface area is 168 Å². The fourth-order valence-electron chi connectivity index (χ4n) is 3.23. The number of methoxy groups -OCH3 is 1. The highest BCUT2D eigenvalue weighted by atomic mass is 16.5. The van der Waals surface area contributed by atoms with E-state index in [9.17, 15) is 15.0 Å². The van der Waals surface area contributed by atoms with E-state index in [1.807, 2.05) is 54.4 Å². The van der Waals surface area contributed by atoms with Crippen molar-refractivity contribution >= 4 is 35.0 Å². The smallest absolute Gasteiger partial charge is 0.348 e.